The number of pyridine rings is 1. The first-order valence-corrected chi connectivity index (χ1v) is 11.7. The quantitative estimate of drug-likeness (QED) is 0.371. The molecule has 1 atom stereocenters. The number of ether oxygens (including phenoxy) is 1. The first-order chi connectivity index (χ1) is 15.8. The number of nitrogens with zero attached hydrogens (tertiary/aromatic N) is 1. The van der Waals surface area contributed by atoms with E-state index in [0.717, 1.165) is 40.7 Å². The van der Waals surface area contributed by atoms with E-state index in [1.165, 1.54) is 36.0 Å². The van der Waals surface area contributed by atoms with Gasteiger partial charge >= 0.3 is 0 Å². The minimum atomic E-state index is 0.555. The number of nitrogens with one attached hydrogen (secondary N) is 1. The predicted octanol–water partition coefficient (Wildman–Crippen LogP) is 6.79. The largest absolute Gasteiger partial charge is 0.492 e. The van der Waals surface area contributed by atoms with Crippen molar-refractivity contribution in [3.8, 4) is 28.0 Å². The summed E-state index contributed by atoms with van der Waals surface area (Å²) in [6.07, 6.45) is 6.81. The monoisotopic (exact) mass is 422 g/mol. The van der Waals surface area contributed by atoms with Crippen LogP contribution in [0.15, 0.2) is 79.0 Å². The number of benzene rings is 3. The Bertz CT molecular complexity index is 1200. The number of rotatable bonds is 6. The molecule has 1 aromatic heterocycles. The fourth-order valence-corrected chi connectivity index (χ4v) is 4.62. The Morgan fingerprint density at radius 1 is 0.906 bits per heavy atom. The molecule has 162 valence electrons. The summed E-state index contributed by atoms with van der Waals surface area (Å²) in [5, 5.41) is 4.70. The number of aryl methyl sites for hydroxylation is 1. The third-order valence-corrected chi connectivity index (χ3v) is 6.38. The Morgan fingerprint density at radius 2 is 1.75 bits per heavy atom. The second kappa shape index (κ2) is 9.54. The van der Waals surface area contributed by atoms with Crippen LogP contribution in [0.1, 0.15) is 31.2 Å². The van der Waals surface area contributed by atoms with Crippen molar-refractivity contribution in [1.29, 1.82) is 0 Å². The van der Waals surface area contributed by atoms with Gasteiger partial charge in [-0.15, -0.1) is 0 Å². The van der Waals surface area contributed by atoms with E-state index in [0.29, 0.717) is 12.6 Å². The molecule has 1 fully saturated rings. The van der Waals surface area contributed by atoms with Crippen LogP contribution < -0.4 is 10.1 Å². The van der Waals surface area contributed by atoms with Gasteiger partial charge in [0.05, 0.1) is 12.1 Å². The molecule has 5 rings (SSSR count). The summed E-state index contributed by atoms with van der Waals surface area (Å²) in [4.78, 5) is 4.78. The van der Waals surface area contributed by atoms with Gasteiger partial charge in [-0.05, 0) is 61.6 Å². The maximum absolute atomic E-state index is 6.54. The van der Waals surface area contributed by atoms with Gasteiger partial charge in [0.25, 0.3) is 0 Å². The highest BCUT2D eigenvalue weighted by atomic mass is 16.5. The standard InChI is InChI=1S/C29H30N2O/c1-21-8-7-11-23(18-21)24-13-14-28-26(19-24)29(32-17-15-25-12-5-6-16-30-25)27(20-31-28)22-9-3-2-4-10-22/h2-4,7-11,13-14,18-20,25,30H,5-6,12,15-17H2,1H3. The van der Waals surface area contributed by atoms with Gasteiger partial charge in [-0.2, -0.15) is 0 Å². The van der Waals surface area contributed by atoms with E-state index in [1.807, 2.05) is 12.3 Å². The third kappa shape index (κ3) is 4.53. The lowest BCUT2D eigenvalue weighted by Gasteiger charge is -2.24. The summed E-state index contributed by atoms with van der Waals surface area (Å²) in [7, 11) is 0. The maximum Gasteiger partial charge on any atom is 0.138 e. The number of aromatic nitrogens is 1. The zero-order chi connectivity index (χ0) is 21.8. The Morgan fingerprint density at radius 3 is 2.56 bits per heavy atom. The van der Waals surface area contributed by atoms with Crippen molar-refractivity contribution in [1.82, 2.24) is 10.3 Å². The molecule has 0 spiro atoms. The summed E-state index contributed by atoms with van der Waals surface area (Å²) in [6.45, 7) is 3.96. The zero-order valence-corrected chi connectivity index (χ0v) is 18.7. The Kier molecular flexibility index (Phi) is 6.17. The lowest BCUT2D eigenvalue weighted by molar-refractivity contribution is 0.271. The van der Waals surface area contributed by atoms with Crippen LogP contribution in [0.3, 0.4) is 0 Å². The van der Waals surface area contributed by atoms with Crippen molar-refractivity contribution < 1.29 is 4.74 Å². The molecule has 1 aliphatic heterocycles. The van der Waals surface area contributed by atoms with Crippen molar-refractivity contribution in [2.45, 2.75) is 38.6 Å². The second-order valence-corrected chi connectivity index (χ2v) is 8.75. The van der Waals surface area contributed by atoms with Gasteiger partial charge in [0.2, 0.25) is 0 Å². The lowest BCUT2D eigenvalue weighted by Crippen LogP contribution is -2.35. The maximum atomic E-state index is 6.54. The molecule has 2 heterocycles. The fourth-order valence-electron chi connectivity index (χ4n) is 4.62. The molecule has 0 aliphatic carbocycles. The molecular formula is C29H30N2O. The van der Waals surface area contributed by atoms with E-state index in [4.69, 9.17) is 9.72 Å². The average Bonchev–Trinajstić information content (AvgIpc) is 2.85. The molecular weight excluding hydrogens is 392 g/mol. The average molecular weight is 423 g/mol. The first kappa shape index (κ1) is 20.7. The molecule has 1 saturated heterocycles. The van der Waals surface area contributed by atoms with Crippen molar-refractivity contribution in [2.75, 3.05) is 13.2 Å². The van der Waals surface area contributed by atoms with E-state index >= 15 is 0 Å². The molecule has 0 bridgehead atoms. The Labute approximate surface area is 190 Å². The van der Waals surface area contributed by atoms with E-state index in [1.54, 1.807) is 0 Å². The smallest absolute Gasteiger partial charge is 0.138 e. The summed E-state index contributed by atoms with van der Waals surface area (Å²) < 4.78 is 6.54. The van der Waals surface area contributed by atoms with Gasteiger partial charge in [-0.3, -0.25) is 4.98 Å². The van der Waals surface area contributed by atoms with E-state index in [9.17, 15) is 0 Å². The number of hydrogen-bond donors (Lipinski definition) is 1. The highest BCUT2D eigenvalue weighted by Crippen LogP contribution is 2.38. The van der Waals surface area contributed by atoms with Gasteiger partial charge in [0.15, 0.2) is 0 Å². The highest BCUT2D eigenvalue weighted by molar-refractivity contribution is 5.94. The minimum absolute atomic E-state index is 0.555. The molecule has 0 radical (unpaired) electrons. The Balaban J connectivity index is 1.54. The fraction of sp³-hybridized carbons (Fsp3) is 0.276. The summed E-state index contributed by atoms with van der Waals surface area (Å²) in [5.41, 5.74) is 6.81. The molecule has 1 N–H and O–H groups in total. The normalized spacial score (nSPS) is 16.2. The van der Waals surface area contributed by atoms with Crippen LogP contribution in [0.2, 0.25) is 0 Å². The SMILES string of the molecule is Cc1cccc(-c2ccc3ncc(-c4ccccc4)c(OCCC4CCCCN4)c3c2)c1. The third-order valence-electron chi connectivity index (χ3n) is 6.38. The number of piperidine rings is 1. The van der Waals surface area contributed by atoms with Gasteiger partial charge in [0, 0.05) is 23.2 Å². The van der Waals surface area contributed by atoms with Crippen LogP contribution in [0.4, 0.5) is 0 Å². The molecule has 3 nitrogen and oxygen atoms in total. The molecule has 4 aromatic rings. The molecule has 32 heavy (non-hydrogen) atoms. The van der Waals surface area contributed by atoms with Gasteiger partial charge < -0.3 is 10.1 Å². The van der Waals surface area contributed by atoms with Crippen molar-refractivity contribution >= 4 is 10.9 Å². The molecule has 1 aliphatic rings. The van der Waals surface area contributed by atoms with Crippen LogP contribution in [-0.2, 0) is 0 Å². The van der Waals surface area contributed by atoms with Gasteiger partial charge in [-0.1, -0.05) is 72.6 Å². The summed E-state index contributed by atoms with van der Waals surface area (Å²) >= 11 is 0. The van der Waals surface area contributed by atoms with Crippen molar-refractivity contribution in [2.24, 2.45) is 0 Å². The number of fused-ring (bicyclic) bond motifs is 1. The zero-order valence-electron chi connectivity index (χ0n) is 18.7. The predicted molar refractivity (Wildman–Crippen MR) is 133 cm³/mol. The molecule has 0 saturated carbocycles. The van der Waals surface area contributed by atoms with Crippen molar-refractivity contribution in [3.63, 3.8) is 0 Å². The van der Waals surface area contributed by atoms with E-state index in [2.05, 4.69) is 79.0 Å². The number of hydrogen-bond acceptors (Lipinski definition) is 3. The van der Waals surface area contributed by atoms with Crippen molar-refractivity contribution in [3.05, 3.63) is 84.6 Å². The van der Waals surface area contributed by atoms with Crippen LogP contribution in [0, 0.1) is 6.92 Å². The highest BCUT2D eigenvalue weighted by Gasteiger charge is 2.16. The van der Waals surface area contributed by atoms with Gasteiger partial charge in [-0.25, -0.2) is 0 Å². The summed E-state index contributed by atoms with van der Waals surface area (Å²) in [5.74, 6) is 0.937. The first-order valence-electron chi connectivity index (χ1n) is 11.7. The molecule has 1 unspecified atom stereocenters. The van der Waals surface area contributed by atoms with Crippen LogP contribution in [0.25, 0.3) is 33.2 Å². The molecule has 3 aromatic carbocycles. The van der Waals surface area contributed by atoms with E-state index in [-0.39, 0.29) is 0 Å². The second-order valence-electron chi connectivity index (χ2n) is 8.75. The van der Waals surface area contributed by atoms with Crippen LogP contribution >= 0.6 is 0 Å². The molecule has 0 amide bonds. The van der Waals surface area contributed by atoms with Crippen LogP contribution in [-0.4, -0.2) is 24.2 Å². The van der Waals surface area contributed by atoms with Crippen LogP contribution in [0.5, 0.6) is 5.75 Å². The lowest BCUT2D eigenvalue weighted by atomic mass is 9.99. The Hall–Kier alpha value is -3.17. The van der Waals surface area contributed by atoms with Gasteiger partial charge in [0.1, 0.15) is 5.75 Å². The van der Waals surface area contributed by atoms with E-state index < -0.39 is 0 Å². The topological polar surface area (TPSA) is 34.1 Å². The minimum Gasteiger partial charge on any atom is -0.492 e. The molecule has 3 heteroatoms. The summed E-state index contributed by atoms with van der Waals surface area (Å²) in [6, 6.07) is 26.1.